The first kappa shape index (κ1) is 28.3. The van der Waals surface area contributed by atoms with Gasteiger partial charge in [-0.3, -0.25) is 0 Å². The lowest BCUT2D eigenvalue weighted by Crippen LogP contribution is -2.31. The topological polar surface area (TPSA) is 98.3 Å². The summed E-state index contributed by atoms with van der Waals surface area (Å²) in [6, 6.07) is 7.58. The van der Waals surface area contributed by atoms with Crippen LogP contribution in [0.2, 0.25) is 5.02 Å². The van der Waals surface area contributed by atoms with E-state index in [2.05, 4.69) is 10.3 Å². The molecule has 12 heteroatoms. The molecule has 0 spiro atoms. The molecule has 0 aliphatic carbocycles. The summed E-state index contributed by atoms with van der Waals surface area (Å²) in [4.78, 5) is 17.3. The van der Waals surface area contributed by atoms with Crippen molar-refractivity contribution in [2.45, 2.75) is 33.7 Å². The number of nitrogens with one attached hydrogen (secondary N) is 1. The summed E-state index contributed by atoms with van der Waals surface area (Å²) in [7, 11) is 0. The van der Waals surface area contributed by atoms with Crippen molar-refractivity contribution < 1.29 is 22.7 Å². The number of para-hydroxylation sites is 1. The highest BCUT2D eigenvalue weighted by atomic mass is 35.5. The molecule has 2 aromatic carbocycles. The van der Waals surface area contributed by atoms with Crippen molar-refractivity contribution in [1.29, 1.82) is 0 Å². The van der Waals surface area contributed by atoms with Gasteiger partial charge in [-0.1, -0.05) is 37.6 Å². The van der Waals surface area contributed by atoms with Gasteiger partial charge in [0.25, 0.3) is 0 Å². The quantitative estimate of drug-likeness (QED) is 0.262. The fourth-order valence-corrected chi connectivity index (χ4v) is 5.14. The number of benzene rings is 2. The average Bonchev–Trinajstić information content (AvgIpc) is 3.27. The molecule has 0 saturated carbocycles. The highest BCUT2D eigenvalue weighted by Crippen LogP contribution is 2.40. The summed E-state index contributed by atoms with van der Waals surface area (Å²) >= 11 is 6.32. The lowest BCUT2D eigenvalue weighted by atomic mass is 9.99. The van der Waals surface area contributed by atoms with Crippen LogP contribution in [0.3, 0.4) is 0 Å². The highest BCUT2D eigenvalue weighted by Gasteiger charge is 2.31. The predicted molar refractivity (Wildman–Crippen MR) is 151 cm³/mol. The van der Waals surface area contributed by atoms with Crippen LogP contribution in [-0.2, 0) is 13.0 Å². The molecule has 4 aromatic rings. The van der Waals surface area contributed by atoms with Gasteiger partial charge < -0.3 is 20.7 Å². The van der Waals surface area contributed by atoms with Gasteiger partial charge in [0.05, 0.1) is 34.9 Å². The Balaban J connectivity index is 1.72. The largest absolute Gasteiger partial charge is 0.491 e. The van der Waals surface area contributed by atoms with Gasteiger partial charge >= 0.3 is 6.03 Å². The van der Waals surface area contributed by atoms with E-state index in [1.165, 1.54) is 6.07 Å². The van der Waals surface area contributed by atoms with Gasteiger partial charge in [-0.2, -0.15) is 5.10 Å². The second kappa shape index (κ2) is 11.3. The number of carbonyl (C=O) groups excluding carboxylic acids is 1. The monoisotopic (exact) mass is 584 g/mol. The average molecular weight is 585 g/mol. The smallest absolute Gasteiger partial charge is 0.316 e. The normalized spacial score (nSPS) is 12.9. The molecule has 5 rings (SSSR count). The first-order valence-electron chi connectivity index (χ1n) is 13.0. The molecule has 1 aliphatic rings. The summed E-state index contributed by atoms with van der Waals surface area (Å²) in [5.41, 5.74) is 7.64. The second-order valence-electron chi connectivity index (χ2n) is 10.2. The zero-order chi connectivity index (χ0) is 29.4. The number of pyridine rings is 1. The van der Waals surface area contributed by atoms with Gasteiger partial charge in [0.1, 0.15) is 34.7 Å². The standard InChI is InChI=1S/C29H28ClF3N6O2/c1-15(2)14-41-25-6-4-5-16(3)26(25)39-27(18-10-22(33)24(11-21(18)32)36-29(34)40)19-13-38(8-7-23(19)37-39)28-20(30)9-17(31)12-35-28/h4-6,9-12,15H,7-8,13-14H2,1-3H3,(H3,34,36,40). The van der Waals surface area contributed by atoms with Crippen LogP contribution in [0.5, 0.6) is 5.75 Å². The van der Waals surface area contributed by atoms with Crippen molar-refractivity contribution in [3.8, 4) is 22.7 Å². The Labute approximate surface area is 239 Å². The zero-order valence-electron chi connectivity index (χ0n) is 22.6. The third-order valence-electron chi connectivity index (χ3n) is 6.68. The second-order valence-corrected chi connectivity index (χ2v) is 10.7. The number of nitrogens with zero attached hydrogens (tertiary/aromatic N) is 4. The Morgan fingerprint density at radius 3 is 2.68 bits per heavy atom. The van der Waals surface area contributed by atoms with Crippen LogP contribution in [-0.4, -0.2) is 33.9 Å². The molecule has 214 valence electrons. The SMILES string of the molecule is Cc1cccc(OCC(C)C)c1-n1nc2c(c1-c1cc(F)c(NC(N)=O)cc1F)CN(c1ncc(F)cc1Cl)CC2. The lowest BCUT2D eigenvalue weighted by molar-refractivity contribution is 0.259. The number of ether oxygens (including phenoxy) is 1. The molecule has 41 heavy (non-hydrogen) atoms. The molecule has 3 N–H and O–H groups in total. The van der Waals surface area contributed by atoms with Crippen molar-refractivity contribution in [2.75, 3.05) is 23.4 Å². The number of hydrogen-bond acceptors (Lipinski definition) is 5. The number of hydrogen-bond donors (Lipinski definition) is 2. The molecular formula is C29H28ClF3N6O2. The highest BCUT2D eigenvalue weighted by molar-refractivity contribution is 6.32. The van der Waals surface area contributed by atoms with Crippen molar-refractivity contribution in [2.24, 2.45) is 11.7 Å². The third-order valence-corrected chi connectivity index (χ3v) is 6.95. The first-order chi connectivity index (χ1) is 19.5. The lowest BCUT2D eigenvalue weighted by Gasteiger charge is -2.28. The number of nitrogens with two attached hydrogens (primary N) is 1. The van der Waals surface area contributed by atoms with Crippen LogP contribution in [0.1, 0.15) is 30.7 Å². The van der Waals surface area contributed by atoms with E-state index in [0.29, 0.717) is 53.8 Å². The van der Waals surface area contributed by atoms with Crippen LogP contribution in [0, 0.1) is 30.3 Å². The van der Waals surface area contributed by atoms with Crippen LogP contribution in [0.15, 0.2) is 42.6 Å². The maximum atomic E-state index is 15.8. The molecule has 2 amide bonds. The predicted octanol–water partition coefficient (Wildman–Crippen LogP) is 6.40. The number of carbonyl (C=O) groups is 1. The molecule has 0 unspecified atom stereocenters. The van der Waals surface area contributed by atoms with E-state index in [0.717, 1.165) is 23.9 Å². The summed E-state index contributed by atoms with van der Waals surface area (Å²) in [5, 5.41) is 7.10. The molecule has 0 radical (unpaired) electrons. The van der Waals surface area contributed by atoms with Gasteiger partial charge in [-0.05, 0) is 36.6 Å². The Hall–Kier alpha value is -4.25. The molecular weight excluding hydrogens is 557 g/mol. The molecule has 2 aromatic heterocycles. The molecule has 1 aliphatic heterocycles. The van der Waals surface area contributed by atoms with Gasteiger partial charge in [-0.25, -0.2) is 27.6 Å². The van der Waals surface area contributed by atoms with Gasteiger partial charge in [0, 0.05) is 36.7 Å². The number of aryl methyl sites for hydroxylation is 1. The minimum atomic E-state index is -1.02. The fraction of sp³-hybridized carbons (Fsp3) is 0.276. The van der Waals surface area contributed by atoms with Crippen LogP contribution in [0.25, 0.3) is 16.9 Å². The summed E-state index contributed by atoms with van der Waals surface area (Å²) in [5.74, 6) is -1.10. The van der Waals surface area contributed by atoms with Crippen LogP contribution >= 0.6 is 11.6 Å². The molecule has 0 bridgehead atoms. The summed E-state index contributed by atoms with van der Waals surface area (Å²) in [6.45, 7) is 7.02. The van der Waals surface area contributed by atoms with Crippen molar-refractivity contribution in [3.05, 3.63) is 81.9 Å². The molecule has 0 atom stereocenters. The number of primary amides is 1. The zero-order valence-corrected chi connectivity index (χ0v) is 23.4. The van der Waals surface area contributed by atoms with Crippen molar-refractivity contribution >= 4 is 29.1 Å². The Morgan fingerprint density at radius 2 is 1.98 bits per heavy atom. The maximum Gasteiger partial charge on any atom is 0.316 e. The van der Waals surface area contributed by atoms with E-state index in [1.807, 2.05) is 37.8 Å². The Kier molecular flexibility index (Phi) is 7.81. The van der Waals surface area contributed by atoms with Gasteiger partial charge in [0.15, 0.2) is 0 Å². The van der Waals surface area contributed by atoms with E-state index < -0.39 is 23.5 Å². The number of aromatic nitrogens is 3. The fourth-order valence-electron chi connectivity index (χ4n) is 4.87. The molecule has 3 heterocycles. The first-order valence-corrected chi connectivity index (χ1v) is 13.4. The molecule has 0 fully saturated rings. The number of halogens is 4. The van der Waals surface area contributed by atoms with Crippen molar-refractivity contribution in [1.82, 2.24) is 14.8 Å². The number of amides is 2. The van der Waals surface area contributed by atoms with E-state index >= 15 is 8.78 Å². The third kappa shape index (κ3) is 5.67. The molecule has 0 saturated heterocycles. The summed E-state index contributed by atoms with van der Waals surface area (Å²) in [6.07, 6.45) is 1.51. The maximum absolute atomic E-state index is 15.8. The van der Waals surface area contributed by atoms with Gasteiger partial charge in [0.2, 0.25) is 0 Å². The Morgan fingerprint density at radius 1 is 1.20 bits per heavy atom. The number of fused-ring (bicyclic) bond motifs is 1. The Bertz CT molecular complexity index is 1640. The number of urea groups is 1. The van der Waals surface area contributed by atoms with E-state index in [9.17, 15) is 9.18 Å². The van der Waals surface area contributed by atoms with E-state index in [-0.39, 0.29) is 28.7 Å². The van der Waals surface area contributed by atoms with Crippen molar-refractivity contribution in [3.63, 3.8) is 0 Å². The number of anilines is 2. The van der Waals surface area contributed by atoms with E-state index in [1.54, 1.807) is 10.7 Å². The van der Waals surface area contributed by atoms with E-state index in [4.69, 9.17) is 27.2 Å². The van der Waals surface area contributed by atoms with Crippen LogP contribution in [0.4, 0.5) is 29.5 Å². The minimum absolute atomic E-state index is 0.0793. The molecule has 8 nitrogen and oxygen atoms in total. The van der Waals surface area contributed by atoms with Gasteiger partial charge in [-0.15, -0.1) is 0 Å². The minimum Gasteiger partial charge on any atom is -0.491 e. The summed E-state index contributed by atoms with van der Waals surface area (Å²) < 4.78 is 52.4. The van der Waals surface area contributed by atoms with Crippen LogP contribution < -0.4 is 20.7 Å². The number of rotatable bonds is 7.